The van der Waals surface area contributed by atoms with Gasteiger partial charge < -0.3 is 27.8 Å². The van der Waals surface area contributed by atoms with Gasteiger partial charge in [0, 0.05) is 29.9 Å². The van der Waals surface area contributed by atoms with Crippen molar-refractivity contribution in [2.45, 2.75) is 51.2 Å². The molecule has 0 spiro atoms. The van der Waals surface area contributed by atoms with Gasteiger partial charge in [0.2, 0.25) is 11.8 Å². The molecule has 0 aromatic heterocycles. The van der Waals surface area contributed by atoms with Gasteiger partial charge >= 0.3 is 0 Å². The maximum absolute atomic E-state index is 14.4. The van der Waals surface area contributed by atoms with E-state index in [2.05, 4.69) is 15.6 Å². The third-order valence-corrected chi connectivity index (χ3v) is 7.23. The minimum Gasteiger partial charge on any atom is -0.370 e. The fourth-order valence-electron chi connectivity index (χ4n) is 4.76. The smallest absolute Gasteiger partial charge is 0.269 e. The number of amides is 4. The SMILES string of the molecule is CC(C)[C@H](NC(=O)[C@@H](N)Cc1ccccc1)C(=O)N(C(=O)c1ccccc1)[C@@H](CCCN=C(N)N)C(=O)Nc1ccc([N+](=O)[O-])cc1. The van der Waals surface area contributed by atoms with Gasteiger partial charge in [-0.05, 0) is 55.0 Å². The van der Waals surface area contributed by atoms with Gasteiger partial charge in [0.05, 0.1) is 11.0 Å². The van der Waals surface area contributed by atoms with Gasteiger partial charge in [-0.1, -0.05) is 62.4 Å². The fraction of sp³-hybridized carbons (Fsp3) is 0.303. The zero-order valence-electron chi connectivity index (χ0n) is 26.2. The zero-order valence-corrected chi connectivity index (χ0v) is 26.2. The van der Waals surface area contributed by atoms with Crippen LogP contribution in [0.4, 0.5) is 11.4 Å². The van der Waals surface area contributed by atoms with Crippen LogP contribution < -0.4 is 27.8 Å². The molecule has 4 amide bonds. The summed E-state index contributed by atoms with van der Waals surface area (Å²) in [6.45, 7) is 3.49. The lowest BCUT2D eigenvalue weighted by Crippen LogP contribution is -2.60. The van der Waals surface area contributed by atoms with Crippen LogP contribution in [0.25, 0.3) is 0 Å². The predicted octanol–water partition coefficient (Wildman–Crippen LogP) is 2.34. The molecule has 3 aromatic rings. The molecule has 8 N–H and O–H groups in total. The Balaban J connectivity index is 2.00. The molecular weight excluding hydrogens is 604 g/mol. The summed E-state index contributed by atoms with van der Waals surface area (Å²) in [5, 5.41) is 16.5. The molecule has 0 unspecified atom stereocenters. The number of anilines is 1. The van der Waals surface area contributed by atoms with Gasteiger partial charge in [0.25, 0.3) is 17.5 Å². The molecule has 3 rings (SSSR count). The summed E-state index contributed by atoms with van der Waals surface area (Å²) in [5.41, 5.74) is 18.1. The Morgan fingerprint density at radius 3 is 2.04 bits per heavy atom. The number of hydrogen-bond acceptors (Lipinski definition) is 8. The number of benzene rings is 3. The second-order valence-corrected chi connectivity index (χ2v) is 11.2. The fourth-order valence-corrected chi connectivity index (χ4v) is 4.76. The molecule has 14 heteroatoms. The molecule has 0 aliphatic heterocycles. The highest BCUT2D eigenvalue weighted by Gasteiger charge is 2.40. The molecule has 248 valence electrons. The number of guanidine groups is 1. The Hall–Kier alpha value is -5.63. The summed E-state index contributed by atoms with van der Waals surface area (Å²) in [6.07, 6.45) is 0.359. The van der Waals surface area contributed by atoms with E-state index in [0.717, 1.165) is 10.5 Å². The first kappa shape index (κ1) is 35.8. The molecule has 3 aromatic carbocycles. The van der Waals surface area contributed by atoms with Gasteiger partial charge in [-0.3, -0.25) is 39.2 Å². The van der Waals surface area contributed by atoms with E-state index in [1.54, 1.807) is 32.0 Å². The van der Waals surface area contributed by atoms with Crippen molar-refractivity contribution in [2.75, 3.05) is 11.9 Å². The number of nitro benzene ring substituents is 1. The number of aliphatic imine (C=N–C) groups is 1. The lowest BCUT2D eigenvalue weighted by molar-refractivity contribution is -0.384. The van der Waals surface area contributed by atoms with Crippen molar-refractivity contribution in [1.29, 1.82) is 0 Å². The van der Waals surface area contributed by atoms with Crippen LogP contribution in [0.5, 0.6) is 0 Å². The molecule has 0 fully saturated rings. The summed E-state index contributed by atoms with van der Waals surface area (Å²) in [7, 11) is 0. The van der Waals surface area contributed by atoms with Gasteiger partial charge in [-0.2, -0.15) is 0 Å². The number of hydrogen-bond donors (Lipinski definition) is 5. The van der Waals surface area contributed by atoms with Gasteiger partial charge in [-0.25, -0.2) is 0 Å². The van der Waals surface area contributed by atoms with Crippen molar-refractivity contribution >= 4 is 41.0 Å². The largest absolute Gasteiger partial charge is 0.370 e. The van der Waals surface area contributed by atoms with E-state index in [0.29, 0.717) is 0 Å². The van der Waals surface area contributed by atoms with Crippen LogP contribution in [0.15, 0.2) is 89.9 Å². The minimum absolute atomic E-state index is 0.0494. The van der Waals surface area contributed by atoms with E-state index in [4.69, 9.17) is 17.2 Å². The highest BCUT2D eigenvalue weighted by atomic mass is 16.6. The van der Waals surface area contributed by atoms with Gasteiger partial charge in [-0.15, -0.1) is 0 Å². The first-order valence-corrected chi connectivity index (χ1v) is 15.0. The number of carbonyl (C=O) groups is 4. The summed E-state index contributed by atoms with van der Waals surface area (Å²) in [5.74, 6) is -3.61. The van der Waals surface area contributed by atoms with Gasteiger partial charge in [0.1, 0.15) is 12.1 Å². The number of nitro groups is 1. The predicted molar refractivity (Wildman–Crippen MR) is 178 cm³/mol. The Kier molecular flexibility index (Phi) is 13.1. The maximum Gasteiger partial charge on any atom is 0.269 e. The van der Waals surface area contributed by atoms with Crippen LogP contribution >= 0.6 is 0 Å². The first-order valence-electron chi connectivity index (χ1n) is 15.0. The molecule has 0 heterocycles. The topological polar surface area (TPSA) is 229 Å². The monoisotopic (exact) mass is 644 g/mol. The normalized spacial score (nSPS) is 12.7. The number of imide groups is 1. The molecule has 14 nitrogen and oxygen atoms in total. The summed E-state index contributed by atoms with van der Waals surface area (Å²) >= 11 is 0. The van der Waals surface area contributed by atoms with Crippen LogP contribution in [0.1, 0.15) is 42.6 Å². The highest BCUT2D eigenvalue weighted by molar-refractivity contribution is 6.11. The van der Waals surface area contributed by atoms with E-state index < -0.39 is 52.6 Å². The summed E-state index contributed by atoms with van der Waals surface area (Å²) < 4.78 is 0. The molecule has 3 atom stereocenters. The molecule has 0 aliphatic rings. The molecule has 0 radical (unpaired) electrons. The van der Waals surface area contributed by atoms with E-state index in [1.165, 1.54) is 36.4 Å². The van der Waals surface area contributed by atoms with E-state index in [1.807, 2.05) is 30.3 Å². The van der Waals surface area contributed by atoms with E-state index in [-0.39, 0.29) is 48.7 Å². The number of nitrogens with zero attached hydrogens (tertiary/aromatic N) is 3. The van der Waals surface area contributed by atoms with Crippen LogP contribution in [0.2, 0.25) is 0 Å². The number of carbonyl (C=O) groups excluding carboxylic acids is 4. The van der Waals surface area contributed by atoms with Crippen molar-refractivity contribution in [3.05, 3.63) is 106 Å². The lowest BCUT2D eigenvalue weighted by Gasteiger charge is -2.34. The van der Waals surface area contributed by atoms with Crippen molar-refractivity contribution < 1.29 is 24.1 Å². The van der Waals surface area contributed by atoms with Crippen LogP contribution in [-0.2, 0) is 20.8 Å². The Bertz CT molecular complexity index is 1560. The molecule has 47 heavy (non-hydrogen) atoms. The minimum atomic E-state index is -1.39. The number of nitrogens with two attached hydrogens (primary N) is 3. The third kappa shape index (κ3) is 10.5. The van der Waals surface area contributed by atoms with Crippen LogP contribution in [0, 0.1) is 16.0 Å². The first-order chi connectivity index (χ1) is 22.4. The van der Waals surface area contributed by atoms with Crippen LogP contribution in [-0.4, -0.2) is 64.1 Å². The molecular formula is C33H40N8O6. The Labute approximate surface area is 272 Å². The standard InChI is InChI=1S/C33H40N8O6/c1-21(2)28(39-29(42)26(34)20-22-10-5-3-6-11-22)32(45)40(31(44)23-12-7-4-8-13-23)27(14-9-19-37-33(35)36)30(43)38-24-15-17-25(18-16-24)41(46)47/h3-8,10-13,15-18,21,26-28H,9,14,19-20,34H2,1-2H3,(H,38,43)(H,39,42)(H4,35,36,37)/t26-,27-,28-/m0/s1. The number of non-ortho nitro benzene ring substituents is 1. The molecule has 0 saturated heterocycles. The molecule has 0 aliphatic carbocycles. The molecule has 0 saturated carbocycles. The molecule has 0 bridgehead atoms. The maximum atomic E-state index is 14.4. The quantitative estimate of drug-likeness (QED) is 0.0537. The van der Waals surface area contributed by atoms with Crippen LogP contribution in [0.3, 0.4) is 0 Å². The van der Waals surface area contributed by atoms with Crippen molar-refractivity contribution in [1.82, 2.24) is 10.2 Å². The third-order valence-electron chi connectivity index (χ3n) is 7.23. The van der Waals surface area contributed by atoms with Crippen molar-refractivity contribution in [3.63, 3.8) is 0 Å². The highest BCUT2D eigenvalue weighted by Crippen LogP contribution is 2.21. The summed E-state index contributed by atoms with van der Waals surface area (Å²) in [6, 6.07) is 18.6. The average Bonchev–Trinajstić information content (AvgIpc) is 3.05. The summed E-state index contributed by atoms with van der Waals surface area (Å²) in [4.78, 5) is 71.0. The van der Waals surface area contributed by atoms with E-state index in [9.17, 15) is 29.3 Å². The van der Waals surface area contributed by atoms with Crippen molar-refractivity contribution in [3.8, 4) is 0 Å². The second-order valence-electron chi connectivity index (χ2n) is 11.2. The average molecular weight is 645 g/mol. The zero-order chi connectivity index (χ0) is 34.5. The second kappa shape index (κ2) is 17.2. The number of rotatable bonds is 15. The number of nitrogens with one attached hydrogen (secondary N) is 2. The lowest BCUT2D eigenvalue weighted by atomic mass is 9.98. The van der Waals surface area contributed by atoms with Gasteiger partial charge in [0.15, 0.2) is 5.96 Å². The Morgan fingerprint density at radius 1 is 0.894 bits per heavy atom. The Morgan fingerprint density at radius 2 is 1.49 bits per heavy atom. The van der Waals surface area contributed by atoms with Crippen molar-refractivity contribution in [2.24, 2.45) is 28.1 Å². The van der Waals surface area contributed by atoms with E-state index >= 15 is 0 Å².